The van der Waals surface area contributed by atoms with E-state index in [2.05, 4.69) is 41.3 Å². The summed E-state index contributed by atoms with van der Waals surface area (Å²) in [6.07, 6.45) is 1.53. The maximum Gasteiger partial charge on any atom is 0.255 e. The van der Waals surface area contributed by atoms with E-state index >= 15 is 0 Å². The van der Waals surface area contributed by atoms with Gasteiger partial charge in [-0.3, -0.25) is 14.4 Å². The average molecular weight is 412 g/mol. The molecule has 1 N–H and O–H groups in total. The molecule has 2 aromatic carbocycles. The second kappa shape index (κ2) is 9.63. The molecule has 0 aliphatic rings. The number of aryl methyl sites for hydroxylation is 1. The van der Waals surface area contributed by atoms with Crippen LogP contribution in [0.4, 0.5) is 8.78 Å². The summed E-state index contributed by atoms with van der Waals surface area (Å²) in [6.45, 7) is 7.39. The Morgan fingerprint density at radius 2 is 1.83 bits per heavy atom. The summed E-state index contributed by atoms with van der Waals surface area (Å²) in [4.78, 5) is 15.1. The molecule has 1 amide bonds. The van der Waals surface area contributed by atoms with Gasteiger partial charge in [0.1, 0.15) is 17.3 Å². The fourth-order valence-electron chi connectivity index (χ4n) is 3.36. The summed E-state index contributed by atoms with van der Waals surface area (Å²) >= 11 is 0. The first-order valence-corrected chi connectivity index (χ1v) is 9.98. The van der Waals surface area contributed by atoms with Crippen molar-refractivity contribution in [2.75, 3.05) is 13.1 Å². The highest BCUT2D eigenvalue weighted by atomic mass is 19.1. The number of aromatic nitrogens is 2. The van der Waals surface area contributed by atoms with Crippen molar-refractivity contribution in [3.8, 4) is 11.3 Å². The Labute approximate surface area is 175 Å². The van der Waals surface area contributed by atoms with E-state index < -0.39 is 11.6 Å². The molecule has 0 aliphatic carbocycles. The topological polar surface area (TPSA) is 50.2 Å². The Morgan fingerprint density at radius 3 is 2.53 bits per heavy atom. The highest BCUT2D eigenvalue weighted by Gasteiger charge is 2.20. The largest absolute Gasteiger partial charge is 0.348 e. The molecule has 0 saturated carbocycles. The lowest BCUT2D eigenvalue weighted by atomic mass is 10.1. The van der Waals surface area contributed by atoms with E-state index in [1.165, 1.54) is 22.5 Å². The van der Waals surface area contributed by atoms with Gasteiger partial charge in [0.2, 0.25) is 0 Å². The standard InChI is InChI=1S/C23H26F2N4O/c1-4-29(5-2)14-17-8-6-7-16(11-17)13-26-23(30)20-15-28(3)27-22(20)19-10-9-18(24)12-21(19)25/h6-12,15H,4-5,13-14H2,1-3H3,(H,26,30). The monoisotopic (exact) mass is 412 g/mol. The Kier molecular flexibility index (Phi) is 6.95. The van der Waals surface area contributed by atoms with Crippen LogP contribution in [0.2, 0.25) is 0 Å². The third-order valence-corrected chi connectivity index (χ3v) is 5.00. The van der Waals surface area contributed by atoms with Crippen LogP contribution < -0.4 is 5.32 Å². The number of nitrogens with zero attached hydrogens (tertiary/aromatic N) is 3. The molecule has 158 valence electrons. The SMILES string of the molecule is CCN(CC)Cc1cccc(CNC(=O)c2cn(C)nc2-c2ccc(F)cc2F)c1. The molecule has 0 bridgehead atoms. The Bertz CT molecular complexity index is 1030. The molecule has 0 saturated heterocycles. The van der Waals surface area contributed by atoms with Crippen LogP contribution in [0, 0.1) is 11.6 Å². The number of halogens is 2. The van der Waals surface area contributed by atoms with Gasteiger partial charge in [0.15, 0.2) is 0 Å². The molecular weight excluding hydrogens is 386 g/mol. The average Bonchev–Trinajstić information content (AvgIpc) is 3.12. The van der Waals surface area contributed by atoms with Gasteiger partial charge in [-0.1, -0.05) is 38.1 Å². The van der Waals surface area contributed by atoms with Crippen LogP contribution in [0.3, 0.4) is 0 Å². The third-order valence-electron chi connectivity index (χ3n) is 5.00. The predicted octanol–water partition coefficient (Wildman–Crippen LogP) is 4.14. The molecule has 0 aliphatic heterocycles. The maximum absolute atomic E-state index is 14.2. The number of hydrogen-bond donors (Lipinski definition) is 1. The van der Waals surface area contributed by atoms with Crippen molar-refractivity contribution in [1.29, 1.82) is 0 Å². The second-order valence-corrected chi connectivity index (χ2v) is 7.15. The van der Waals surface area contributed by atoms with E-state index in [-0.39, 0.29) is 22.7 Å². The van der Waals surface area contributed by atoms with E-state index in [1.807, 2.05) is 12.1 Å². The van der Waals surface area contributed by atoms with Crippen LogP contribution in [0.15, 0.2) is 48.7 Å². The van der Waals surface area contributed by atoms with Crippen molar-refractivity contribution in [3.05, 3.63) is 77.0 Å². The Hall–Kier alpha value is -3.06. The van der Waals surface area contributed by atoms with Gasteiger partial charge in [0.25, 0.3) is 5.91 Å². The van der Waals surface area contributed by atoms with Gasteiger partial charge in [-0.2, -0.15) is 5.10 Å². The van der Waals surface area contributed by atoms with E-state index in [4.69, 9.17) is 0 Å². The minimum absolute atomic E-state index is 0.0865. The van der Waals surface area contributed by atoms with Gasteiger partial charge in [-0.05, 0) is 36.3 Å². The summed E-state index contributed by atoms with van der Waals surface area (Å²) in [7, 11) is 1.65. The van der Waals surface area contributed by atoms with Gasteiger partial charge in [-0.15, -0.1) is 0 Å². The van der Waals surface area contributed by atoms with Gasteiger partial charge in [0.05, 0.1) is 5.56 Å². The number of nitrogens with one attached hydrogen (secondary N) is 1. The summed E-state index contributed by atoms with van der Waals surface area (Å²) in [6, 6.07) is 11.3. The zero-order chi connectivity index (χ0) is 21.7. The zero-order valence-electron chi connectivity index (χ0n) is 17.5. The molecular formula is C23H26F2N4O. The van der Waals surface area contributed by atoms with Crippen LogP contribution in [-0.2, 0) is 20.1 Å². The molecule has 0 fully saturated rings. The molecule has 1 heterocycles. The number of carbonyl (C=O) groups excluding carboxylic acids is 1. The fourth-order valence-corrected chi connectivity index (χ4v) is 3.36. The molecule has 7 heteroatoms. The van der Waals surface area contributed by atoms with Gasteiger partial charge < -0.3 is 5.32 Å². The van der Waals surface area contributed by atoms with Crippen LogP contribution in [0.1, 0.15) is 35.3 Å². The normalized spacial score (nSPS) is 11.1. The lowest BCUT2D eigenvalue weighted by Gasteiger charge is -2.18. The summed E-state index contributed by atoms with van der Waals surface area (Å²) < 4.78 is 28.9. The van der Waals surface area contributed by atoms with Crippen LogP contribution in [0.5, 0.6) is 0 Å². The first-order valence-electron chi connectivity index (χ1n) is 9.98. The van der Waals surface area contributed by atoms with Crippen molar-refractivity contribution in [2.45, 2.75) is 26.9 Å². The molecule has 0 atom stereocenters. The minimum atomic E-state index is -0.758. The van der Waals surface area contributed by atoms with Crippen molar-refractivity contribution >= 4 is 5.91 Å². The fraction of sp³-hybridized carbons (Fsp3) is 0.304. The number of hydrogen-bond acceptors (Lipinski definition) is 3. The number of amides is 1. The van der Waals surface area contributed by atoms with E-state index in [0.717, 1.165) is 37.3 Å². The lowest BCUT2D eigenvalue weighted by Crippen LogP contribution is -2.24. The number of benzene rings is 2. The van der Waals surface area contributed by atoms with E-state index in [9.17, 15) is 13.6 Å². The summed E-state index contributed by atoms with van der Waals surface area (Å²) in [5.41, 5.74) is 2.67. The predicted molar refractivity (Wildman–Crippen MR) is 113 cm³/mol. The highest BCUT2D eigenvalue weighted by Crippen LogP contribution is 2.25. The lowest BCUT2D eigenvalue weighted by molar-refractivity contribution is 0.0951. The Balaban J connectivity index is 1.75. The molecule has 3 aromatic rings. The van der Waals surface area contributed by atoms with Crippen LogP contribution in [-0.4, -0.2) is 33.7 Å². The first-order chi connectivity index (χ1) is 14.4. The maximum atomic E-state index is 14.2. The number of rotatable bonds is 8. The van der Waals surface area contributed by atoms with Crippen LogP contribution in [0.25, 0.3) is 11.3 Å². The number of carbonyl (C=O) groups is 1. The van der Waals surface area contributed by atoms with Crippen molar-refractivity contribution in [3.63, 3.8) is 0 Å². The van der Waals surface area contributed by atoms with Gasteiger partial charge in [-0.25, -0.2) is 8.78 Å². The highest BCUT2D eigenvalue weighted by molar-refractivity contribution is 5.99. The first kappa shape index (κ1) is 21.6. The van der Waals surface area contributed by atoms with Gasteiger partial charge >= 0.3 is 0 Å². The Morgan fingerprint density at radius 1 is 1.10 bits per heavy atom. The van der Waals surface area contributed by atoms with Crippen molar-refractivity contribution < 1.29 is 13.6 Å². The molecule has 30 heavy (non-hydrogen) atoms. The minimum Gasteiger partial charge on any atom is -0.348 e. The smallest absolute Gasteiger partial charge is 0.255 e. The molecule has 1 aromatic heterocycles. The van der Waals surface area contributed by atoms with Gasteiger partial charge in [0, 0.05) is 38.0 Å². The zero-order valence-corrected chi connectivity index (χ0v) is 17.5. The second-order valence-electron chi connectivity index (χ2n) is 7.15. The summed E-state index contributed by atoms with van der Waals surface area (Å²) in [5.74, 6) is -1.80. The van der Waals surface area contributed by atoms with Crippen molar-refractivity contribution in [1.82, 2.24) is 20.0 Å². The molecule has 3 rings (SSSR count). The quantitative estimate of drug-likeness (QED) is 0.605. The molecule has 0 unspecified atom stereocenters. The van der Waals surface area contributed by atoms with Crippen LogP contribution >= 0.6 is 0 Å². The molecule has 5 nitrogen and oxygen atoms in total. The molecule has 0 radical (unpaired) electrons. The van der Waals surface area contributed by atoms with E-state index in [1.54, 1.807) is 7.05 Å². The van der Waals surface area contributed by atoms with E-state index in [0.29, 0.717) is 6.54 Å². The third kappa shape index (κ3) is 5.10. The molecule has 0 spiro atoms. The van der Waals surface area contributed by atoms with Crippen molar-refractivity contribution in [2.24, 2.45) is 7.05 Å². The summed E-state index contributed by atoms with van der Waals surface area (Å²) in [5, 5.41) is 7.08.